The van der Waals surface area contributed by atoms with E-state index in [-0.39, 0.29) is 12.3 Å². The Morgan fingerprint density at radius 1 is 1.11 bits per heavy atom. The van der Waals surface area contributed by atoms with Crippen molar-refractivity contribution in [2.45, 2.75) is 6.92 Å². The van der Waals surface area contributed by atoms with Crippen molar-refractivity contribution in [1.82, 2.24) is 9.97 Å². The minimum absolute atomic E-state index is 0.229. The molecule has 7 heteroatoms. The van der Waals surface area contributed by atoms with Crippen LogP contribution < -0.4 is 5.32 Å². The summed E-state index contributed by atoms with van der Waals surface area (Å²) in [7, 11) is 0. The van der Waals surface area contributed by atoms with Gasteiger partial charge in [0.25, 0.3) is 5.91 Å². The Kier molecular flexibility index (Phi) is 5.78. The third-order valence-electron chi connectivity index (χ3n) is 3.66. The summed E-state index contributed by atoms with van der Waals surface area (Å²) in [5.41, 5.74) is 2.38. The van der Waals surface area contributed by atoms with Crippen LogP contribution in [0.4, 0.5) is 5.69 Å². The molecule has 0 spiro atoms. The fourth-order valence-corrected chi connectivity index (χ4v) is 2.63. The van der Waals surface area contributed by atoms with Crippen LogP contribution in [0, 0.1) is 0 Å². The third-order valence-corrected chi connectivity index (χ3v) is 3.96. The molecule has 0 unspecified atom stereocenters. The summed E-state index contributed by atoms with van der Waals surface area (Å²) in [5, 5.41) is 3.22. The molecule has 0 aliphatic rings. The van der Waals surface area contributed by atoms with Crippen LogP contribution in [0.15, 0.2) is 60.9 Å². The molecule has 2 heterocycles. The van der Waals surface area contributed by atoms with E-state index in [1.807, 2.05) is 0 Å². The molecule has 0 aliphatic carbocycles. The minimum atomic E-state index is -0.441. The number of aromatic nitrogens is 2. The monoisotopic (exact) mass is 381 g/mol. The van der Waals surface area contributed by atoms with Gasteiger partial charge < -0.3 is 10.1 Å². The summed E-state index contributed by atoms with van der Waals surface area (Å²) in [6, 6.07) is 13.3. The number of hydrogen-bond acceptors (Lipinski definition) is 5. The normalized spacial score (nSPS) is 10.3. The number of anilines is 1. The molecule has 1 amide bonds. The van der Waals surface area contributed by atoms with Crippen LogP contribution in [0.3, 0.4) is 0 Å². The number of benzene rings is 1. The maximum absolute atomic E-state index is 12.4. The van der Waals surface area contributed by atoms with Gasteiger partial charge in [0, 0.05) is 23.6 Å². The van der Waals surface area contributed by atoms with Crippen LogP contribution in [0.25, 0.3) is 11.3 Å². The van der Waals surface area contributed by atoms with Crippen molar-refractivity contribution in [3.8, 4) is 11.3 Å². The van der Waals surface area contributed by atoms with E-state index in [0.717, 1.165) is 0 Å². The van der Waals surface area contributed by atoms with Crippen LogP contribution in [0.1, 0.15) is 27.8 Å². The van der Waals surface area contributed by atoms with Gasteiger partial charge in [-0.1, -0.05) is 17.7 Å². The van der Waals surface area contributed by atoms with Crippen molar-refractivity contribution in [3.05, 3.63) is 77.2 Å². The van der Waals surface area contributed by atoms with Crippen molar-refractivity contribution in [2.75, 3.05) is 11.9 Å². The fraction of sp³-hybridized carbons (Fsp3) is 0.100. The molecular weight excluding hydrogens is 366 g/mol. The Bertz CT molecular complexity index is 974. The van der Waals surface area contributed by atoms with Gasteiger partial charge in [0.15, 0.2) is 0 Å². The molecule has 3 aromatic rings. The van der Waals surface area contributed by atoms with Crippen LogP contribution in [0.5, 0.6) is 0 Å². The number of nitrogens with zero attached hydrogens (tertiary/aromatic N) is 2. The molecule has 0 fully saturated rings. The minimum Gasteiger partial charge on any atom is -0.462 e. The third kappa shape index (κ3) is 4.48. The van der Waals surface area contributed by atoms with Gasteiger partial charge in [0.1, 0.15) is 5.69 Å². The predicted molar refractivity (Wildman–Crippen MR) is 103 cm³/mol. The van der Waals surface area contributed by atoms with E-state index in [4.69, 9.17) is 16.3 Å². The second kappa shape index (κ2) is 8.42. The van der Waals surface area contributed by atoms with Crippen LogP contribution in [-0.2, 0) is 4.74 Å². The summed E-state index contributed by atoms with van der Waals surface area (Å²) in [5.74, 6) is -0.835. The van der Waals surface area contributed by atoms with Crippen molar-refractivity contribution in [3.63, 3.8) is 0 Å². The highest BCUT2D eigenvalue weighted by Gasteiger charge is 2.12. The van der Waals surface area contributed by atoms with Crippen LogP contribution in [0.2, 0.25) is 5.02 Å². The largest absolute Gasteiger partial charge is 0.462 e. The predicted octanol–water partition coefficient (Wildman–Crippen LogP) is 4.23. The lowest BCUT2D eigenvalue weighted by molar-refractivity contribution is 0.0526. The molecule has 0 atom stereocenters. The zero-order chi connectivity index (χ0) is 19.2. The van der Waals surface area contributed by atoms with Crippen molar-refractivity contribution >= 4 is 29.2 Å². The van der Waals surface area contributed by atoms with Gasteiger partial charge >= 0.3 is 5.97 Å². The first-order valence-electron chi connectivity index (χ1n) is 8.24. The molecule has 0 bridgehead atoms. The zero-order valence-corrected chi connectivity index (χ0v) is 15.2. The van der Waals surface area contributed by atoms with E-state index in [1.165, 1.54) is 6.20 Å². The summed E-state index contributed by atoms with van der Waals surface area (Å²) >= 11 is 6.12. The summed E-state index contributed by atoms with van der Waals surface area (Å²) in [4.78, 5) is 32.6. The first kappa shape index (κ1) is 18.5. The van der Waals surface area contributed by atoms with Crippen molar-refractivity contribution in [1.29, 1.82) is 0 Å². The molecule has 0 saturated carbocycles. The number of amides is 1. The van der Waals surface area contributed by atoms with Gasteiger partial charge in [-0.3, -0.25) is 14.8 Å². The second-order valence-electron chi connectivity index (χ2n) is 5.52. The van der Waals surface area contributed by atoms with Gasteiger partial charge in [-0.25, -0.2) is 4.79 Å². The topological polar surface area (TPSA) is 81.2 Å². The molecule has 3 rings (SSSR count). The van der Waals surface area contributed by atoms with Crippen molar-refractivity contribution < 1.29 is 14.3 Å². The van der Waals surface area contributed by atoms with Crippen LogP contribution >= 0.6 is 11.6 Å². The maximum atomic E-state index is 12.4. The Hall–Kier alpha value is -3.25. The molecule has 27 heavy (non-hydrogen) atoms. The Balaban J connectivity index is 1.74. The highest BCUT2D eigenvalue weighted by atomic mass is 35.5. The summed E-state index contributed by atoms with van der Waals surface area (Å²) in [6.45, 7) is 2.02. The Labute approximate surface area is 161 Å². The van der Waals surface area contributed by atoms with Gasteiger partial charge in [0.05, 0.1) is 22.9 Å². The molecule has 1 aromatic carbocycles. The molecule has 2 aromatic heterocycles. The second-order valence-corrected chi connectivity index (χ2v) is 5.93. The summed E-state index contributed by atoms with van der Waals surface area (Å²) < 4.78 is 4.96. The molecule has 0 aliphatic heterocycles. The number of nitrogens with one attached hydrogen (secondary N) is 1. The number of ether oxygens (including phenoxy) is 1. The number of hydrogen-bond donors (Lipinski definition) is 1. The fourth-order valence-electron chi connectivity index (χ4n) is 2.40. The van der Waals surface area contributed by atoms with E-state index in [0.29, 0.717) is 27.5 Å². The first-order chi connectivity index (χ1) is 13.1. The number of halogens is 1. The number of esters is 1. The smallest absolute Gasteiger partial charge is 0.338 e. The SMILES string of the molecule is CCOC(=O)c1cccc(NC(=O)c2ccc(-c3ncccc3Cl)cn2)c1. The highest BCUT2D eigenvalue weighted by Crippen LogP contribution is 2.24. The van der Waals surface area contributed by atoms with E-state index in [9.17, 15) is 9.59 Å². The highest BCUT2D eigenvalue weighted by molar-refractivity contribution is 6.33. The van der Waals surface area contributed by atoms with Gasteiger partial charge in [-0.05, 0) is 49.4 Å². The molecular formula is C20H16ClN3O3. The Morgan fingerprint density at radius 2 is 1.96 bits per heavy atom. The lowest BCUT2D eigenvalue weighted by Crippen LogP contribution is -2.14. The molecule has 1 N–H and O–H groups in total. The molecule has 136 valence electrons. The zero-order valence-electron chi connectivity index (χ0n) is 14.5. The molecule has 0 radical (unpaired) electrons. The lowest BCUT2D eigenvalue weighted by Gasteiger charge is -2.08. The Morgan fingerprint density at radius 3 is 2.67 bits per heavy atom. The van der Waals surface area contributed by atoms with Gasteiger partial charge in [-0.2, -0.15) is 0 Å². The number of rotatable bonds is 5. The standard InChI is InChI=1S/C20H16ClN3O3/c1-2-27-20(26)13-5-3-6-15(11-13)24-19(25)17-9-8-14(12-23-17)18-16(21)7-4-10-22-18/h3-12H,2H2,1H3,(H,24,25). The van der Waals surface area contributed by atoms with Crippen LogP contribution in [-0.4, -0.2) is 28.5 Å². The van der Waals surface area contributed by atoms with Gasteiger partial charge in [0.2, 0.25) is 0 Å². The first-order valence-corrected chi connectivity index (χ1v) is 8.61. The van der Waals surface area contributed by atoms with Crippen molar-refractivity contribution in [2.24, 2.45) is 0 Å². The number of pyridine rings is 2. The maximum Gasteiger partial charge on any atom is 0.338 e. The molecule has 6 nitrogen and oxygen atoms in total. The van der Waals surface area contributed by atoms with E-state index in [2.05, 4.69) is 15.3 Å². The quantitative estimate of drug-likeness (QED) is 0.669. The number of carbonyl (C=O) groups excluding carboxylic acids is 2. The summed E-state index contributed by atoms with van der Waals surface area (Å²) in [6.07, 6.45) is 3.18. The van der Waals surface area contributed by atoms with E-state index in [1.54, 1.807) is 61.7 Å². The molecule has 0 saturated heterocycles. The van der Waals surface area contributed by atoms with E-state index < -0.39 is 11.9 Å². The average molecular weight is 382 g/mol. The van der Waals surface area contributed by atoms with E-state index >= 15 is 0 Å². The lowest BCUT2D eigenvalue weighted by atomic mass is 10.1. The number of carbonyl (C=O) groups is 2. The van der Waals surface area contributed by atoms with Gasteiger partial charge in [-0.15, -0.1) is 0 Å². The average Bonchev–Trinajstić information content (AvgIpc) is 2.69.